The molecule has 0 aromatic carbocycles. The summed E-state index contributed by atoms with van der Waals surface area (Å²) in [5.74, 6) is -0.495. The Balaban J connectivity index is 2.55. The number of hydrogen-bond acceptors (Lipinski definition) is 4. The van der Waals surface area contributed by atoms with Crippen LogP contribution in [-0.4, -0.2) is 34.9 Å². The van der Waals surface area contributed by atoms with Gasteiger partial charge in [-0.05, 0) is 20.3 Å². The van der Waals surface area contributed by atoms with Crippen LogP contribution in [0.1, 0.15) is 30.3 Å². The third-order valence-electron chi connectivity index (χ3n) is 2.81. The van der Waals surface area contributed by atoms with E-state index in [1.165, 1.54) is 0 Å². The fourth-order valence-corrected chi connectivity index (χ4v) is 1.74. The molecule has 3 N–H and O–H groups in total. The molecule has 110 valence electrons. The van der Waals surface area contributed by atoms with Crippen LogP contribution in [0, 0.1) is 13.8 Å². The Morgan fingerprint density at radius 1 is 1.20 bits per heavy atom. The van der Waals surface area contributed by atoms with E-state index in [-0.39, 0.29) is 24.8 Å². The van der Waals surface area contributed by atoms with Gasteiger partial charge in [-0.25, -0.2) is 4.79 Å². The maximum absolute atomic E-state index is 11.8. The predicted molar refractivity (Wildman–Crippen MR) is 74.3 cm³/mol. The number of nitrogens with one attached hydrogen (secondary N) is 3. The molecule has 1 heterocycles. The summed E-state index contributed by atoms with van der Waals surface area (Å²) in [5, 5.41) is 5.21. The van der Waals surface area contributed by atoms with Gasteiger partial charge in [0.25, 0.3) is 0 Å². The smallest absolute Gasteiger partial charge is 0.345 e. The lowest BCUT2D eigenvalue weighted by Crippen LogP contribution is -2.38. The van der Waals surface area contributed by atoms with Gasteiger partial charge >= 0.3 is 5.69 Å². The second kappa shape index (κ2) is 7.42. The number of carbonyl (C=O) groups excluding carboxylic acids is 2. The van der Waals surface area contributed by atoms with Gasteiger partial charge in [0.2, 0.25) is 11.8 Å². The van der Waals surface area contributed by atoms with E-state index in [0.29, 0.717) is 23.5 Å². The number of aromatic amines is 1. The summed E-state index contributed by atoms with van der Waals surface area (Å²) in [6.45, 7) is 5.89. The Kier molecular flexibility index (Phi) is 5.89. The average Bonchev–Trinajstić information content (AvgIpc) is 2.38. The van der Waals surface area contributed by atoms with E-state index in [1.54, 1.807) is 13.8 Å². The van der Waals surface area contributed by atoms with Crippen LogP contribution in [0.25, 0.3) is 0 Å². The lowest BCUT2D eigenvalue weighted by Gasteiger charge is -2.09. The van der Waals surface area contributed by atoms with Gasteiger partial charge in [-0.2, -0.15) is 4.98 Å². The third-order valence-corrected chi connectivity index (χ3v) is 2.81. The second-order valence-electron chi connectivity index (χ2n) is 4.53. The molecule has 0 aliphatic carbocycles. The number of nitrogens with zero attached hydrogens (tertiary/aromatic N) is 1. The molecule has 20 heavy (non-hydrogen) atoms. The zero-order valence-corrected chi connectivity index (χ0v) is 12.0. The third kappa shape index (κ3) is 4.83. The molecule has 7 nitrogen and oxygen atoms in total. The Morgan fingerprint density at radius 3 is 2.50 bits per heavy atom. The number of aryl methyl sites for hydroxylation is 2. The Hall–Kier alpha value is -2.18. The minimum absolute atomic E-state index is 0.0479. The van der Waals surface area contributed by atoms with Crippen molar-refractivity contribution >= 4 is 11.8 Å². The van der Waals surface area contributed by atoms with Gasteiger partial charge in [-0.1, -0.05) is 6.92 Å². The standard InChI is InChI=1S/C13H20N4O3/c1-4-5-14-12(19)7-15-11(18)6-10-8(2)16-13(20)17-9(10)3/h4-7H2,1-3H3,(H,14,19)(H,15,18)(H,16,17,20). The topological polar surface area (TPSA) is 104 Å². The van der Waals surface area contributed by atoms with Crippen LogP contribution in [-0.2, 0) is 16.0 Å². The number of aromatic nitrogens is 2. The van der Waals surface area contributed by atoms with Gasteiger partial charge in [0.05, 0.1) is 13.0 Å². The highest BCUT2D eigenvalue weighted by molar-refractivity contribution is 5.85. The van der Waals surface area contributed by atoms with Crippen LogP contribution in [0.3, 0.4) is 0 Å². The van der Waals surface area contributed by atoms with Gasteiger partial charge in [-0.15, -0.1) is 0 Å². The van der Waals surface area contributed by atoms with Crippen molar-refractivity contribution in [2.24, 2.45) is 0 Å². The zero-order valence-electron chi connectivity index (χ0n) is 12.0. The molecule has 0 bridgehead atoms. The largest absolute Gasteiger partial charge is 0.355 e. The Bertz CT molecular complexity index is 525. The van der Waals surface area contributed by atoms with Gasteiger partial charge in [0.1, 0.15) is 0 Å². The van der Waals surface area contributed by atoms with Gasteiger partial charge in [-0.3, -0.25) is 9.59 Å². The summed E-state index contributed by atoms with van der Waals surface area (Å²) in [4.78, 5) is 40.6. The van der Waals surface area contributed by atoms with E-state index in [4.69, 9.17) is 0 Å². The van der Waals surface area contributed by atoms with Crippen molar-refractivity contribution in [2.75, 3.05) is 13.1 Å². The monoisotopic (exact) mass is 280 g/mol. The second-order valence-corrected chi connectivity index (χ2v) is 4.53. The summed E-state index contributed by atoms with van der Waals surface area (Å²) in [7, 11) is 0. The molecular weight excluding hydrogens is 260 g/mol. The molecule has 1 rings (SSSR count). The van der Waals surface area contributed by atoms with Crippen LogP contribution in [0.4, 0.5) is 0 Å². The SMILES string of the molecule is CCCNC(=O)CNC(=O)Cc1c(C)nc(=O)[nH]c1C. The maximum Gasteiger partial charge on any atom is 0.345 e. The fourth-order valence-electron chi connectivity index (χ4n) is 1.74. The van der Waals surface area contributed by atoms with Crippen molar-refractivity contribution in [1.29, 1.82) is 0 Å². The molecular formula is C13H20N4O3. The number of hydrogen-bond donors (Lipinski definition) is 3. The minimum Gasteiger partial charge on any atom is -0.355 e. The summed E-state index contributed by atoms with van der Waals surface area (Å²) in [6.07, 6.45) is 0.934. The summed E-state index contributed by atoms with van der Waals surface area (Å²) in [6, 6.07) is 0. The predicted octanol–water partition coefficient (Wildman–Crippen LogP) is -0.428. The average molecular weight is 280 g/mol. The molecule has 7 heteroatoms. The lowest BCUT2D eigenvalue weighted by atomic mass is 10.1. The number of H-pyrrole nitrogens is 1. The van der Waals surface area contributed by atoms with Crippen LogP contribution in [0.5, 0.6) is 0 Å². The Labute approximate surface area is 117 Å². The molecule has 0 aliphatic heterocycles. The fraction of sp³-hybridized carbons (Fsp3) is 0.538. The number of carbonyl (C=O) groups is 2. The lowest BCUT2D eigenvalue weighted by molar-refractivity contribution is -0.125. The molecule has 0 spiro atoms. The zero-order chi connectivity index (χ0) is 15.1. The molecule has 0 saturated heterocycles. The van der Waals surface area contributed by atoms with Crippen molar-refractivity contribution in [3.63, 3.8) is 0 Å². The quantitative estimate of drug-likeness (QED) is 0.658. The van der Waals surface area contributed by atoms with Crippen LogP contribution < -0.4 is 16.3 Å². The normalized spacial score (nSPS) is 10.2. The molecule has 0 atom stereocenters. The van der Waals surface area contributed by atoms with E-state index in [9.17, 15) is 14.4 Å². The van der Waals surface area contributed by atoms with Crippen LogP contribution in [0.15, 0.2) is 4.79 Å². The van der Waals surface area contributed by atoms with Crippen molar-refractivity contribution < 1.29 is 9.59 Å². The van der Waals surface area contributed by atoms with Crippen molar-refractivity contribution in [2.45, 2.75) is 33.6 Å². The van der Waals surface area contributed by atoms with Gasteiger partial charge < -0.3 is 15.6 Å². The van der Waals surface area contributed by atoms with E-state index < -0.39 is 5.69 Å². The maximum atomic E-state index is 11.8. The van der Waals surface area contributed by atoms with Crippen LogP contribution in [0.2, 0.25) is 0 Å². The number of amides is 2. The molecule has 0 radical (unpaired) electrons. The number of rotatable bonds is 6. The summed E-state index contributed by atoms with van der Waals surface area (Å²) in [5.41, 5.74) is 1.39. The minimum atomic E-state index is -0.428. The first-order valence-electron chi connectivity index (χ1n) is 6.53. The van der Waals surface area contributed by atoms with Crippen molar-refractivity contribution in [3.05, 3.63) is 27.4 Å². The highest BCUT2D eigenvalue weighted by Crippen LogP contribution is 2.07. The first-order chi connectivity index (χ1) is 9.43. The van der Waals surface area contributed by atoms with Gasteiger partial charge in [0, 0.05) is 23.5 Å². The van der Waals surface area contributed by atoms with E-state index in [0.717, 1.165) is 6.42 Å². The molecule has 2 amide bonds. The summed E-state index contributed by atoms with van der Waals surface area (Å²) < 4.78 is 0. The van der Waals surface area contributed by atoms with Crippen molar-refractivity contribution in [3.8, 4) is 0 Å². The molecule has 0 fully saturated rings. The highest BCUT2D eigenvalue weighted by atomic mass is 16.2. The first-order valence-corrected chi connectivity index (χ1v) is 6.53. The summed E-state index contributed by atoms with van der Waals surface area (Å²) >= 11 is 0. The first kappa shape index (κ1) is 15.9. The van der Waals surface area contributed by atoms with E-state index in [2.05, 4.69) is 20.6 Å². The molecule has 0 saturated carbocycles. The molecule has 0 aliphatic rings. The molecule has 1 aromatic heterocycles. The van der Waals surface area contributed by atoms with E-state index >= 15 is 0 Å². The molecule has 0 unspecified atom stereocenters. The molecule has 1 aromatic rings. The Morgan fingerprint density at radius 2 is 1.90 bits per heavy atom. The highest BCUT2D eigenvalue weighted by Gasteiger charge is 2.11. The van der Waals surface area contributed by atoms with Gasteiger partial charge in [0.15, 0.2) is 0 Å². The van der Waals surface area contributed by atoms with E-state index in [1.807, 2.05) is 6.92 Å². The van der Waals surface area contributed by atoms with Crippen LogP contribution >= 0.6 is 0 Å². The van der Waals surface area contributed by atoms with Crippen molar-refractivity contribution in [1.82, 2.24) is 20.6 Å².